The lowest BCUT2D eigenvalue weighted by molar-refractivity contribution is -0.184. The van der Waals surface area contributed by atoms with Gasteiger partial charge in [-0.1, -0.05) is 0 Å². The number of alkyl halides is 3. The van der Waals surface area contributed by atoms with Gasteiger partial charge >= 0.3 is 6.18 Å². The van der Waals surface area contributed by atoms with Crippen molar-refractivity contribution in [2.45, 2.75) is 38.0 Å². The van der Waals surface area contributed by atoms with Crippen LogP contribution in [0.25, 0.3) is 0 Å². The van der Waals surface area contributed by atoms with Gasteiger partial charge in [0.05, 0.1) is 5.56 Å². The van der Waals surface area contributed by atoms with Crippen LogP contribution >= 0.6 is 0 Å². The van der Waals surface area contributed by atoms with Crippen LogP contribution in [0.3, 0.4) is 0 Å². The zero-order valence-corrected chi connectivity index (χ0v) is 13.2. The standard InChI is InChI=1S/C16H15F4N3O2/c1-9(24)22-12-3-5-14(16(18,19)20)23(8-12)15(25)10-2-4-13(17)11(6-10)7-21/h2,4,6,12,14H,3,5,8H2,1H3,(H,22,24)/t12-,14+/m1/s1. The highest BCUT2D eigenvalue weighted by atomic mass is 19.4. The van der Waals surface area contributed by atoms with Crippen LogP contribution in [0.5, 0.6) is 0 Å². The maximum absolute atomic E-state index is 13.4. The summed E-state index contributed by atoms with van der Waals surface area (Å²) in [7, 11) is 0. The van der Waals surface area contributed by atoms with Gasteiger partial charge in [0.2, 0.25) is 5.91 Å². The minimum Gasteiger partial charge on any atom is -0.352 e. The molecule has 5 nitrogen and oxygen atoms in total. The van der Waals surface area contributed by atoms with Crippen molar-refractivity contribution in [3.63, 3.8) is 0 Å². The van der Waals surface area contributed by atoms with E-state index in [1.54, 1.807) is 6.07 Å². The molecule has 2 rings (SSSR count). The molecule has 0 aliphatic carbocycles. The van der Waals surface area contributed by atoms with Gasteiger partial charge in [0, 0.05) is 25.1 Å². The summed E-state index contributed by atoms with van der Waals surface area (Å²) in [5.74, 6) is -2.23. The highest BCUT2D eigenvalue weighted by molar-refractivity contribution is 5.95. The van der Waals surface area contributed by atoms with E-state index in [0.717, 1.165) is 18.2 Å². The van der Waals surface area contributed by atoms with E-state index in [0.29, 0.717) is 4.90 Å². The summed E-state index contributed by atoms with van der Waals surface area (Å²) in [6.07, 6.45) is -4.90. The molecule has 1 aliphatic heterocycles. The molecule has 0 saturated carbocycles. The maximum Gasteiger partial charge on any atom is 0.408 e. The van der Waals surface area contributed by atoms with Crippen molar-refractivity contribution in [3.05, 3.63) is 35.1 Å². The Balaban J connectivity index is 2.33. The van der Waals surface area contributed by atoms with Gasteiger partial charge in [0.25, 0.3) is 5.91 Å². The van der Waals surface area contributed by atoms with E-state index < -0.39 is 41.5 Å². The quantitative estimate of drug-likeness (QED) is 0.826. The summed E-state index contributed by atoms with van der Waals surface area (Å²) in [5, 5.41) is 11.3. The Morgan fingerprint density at radius 3 is 2.56 bits per heavy atom. The smallest absolute Gasteiger partial charge is 0.352 e. The fourth-order valence-corrected chi connectivity index (χ4v) is 2.85. The predicted octanol–water partition coefficient (Wildman–Crippen LogP) is 2.37. The van der Waals surface area contributed by atoms with Gasteiger partial charge in [-0.3, -0.25) is 9.59 Å². The molecule has 1 fully saturated rings. The molecule has 9 heteroatoms. The number of carbonyl (C=O) groups excluding carboxylic acids is 2. The fourth-order valence-electron chi connectivity index (χ4n) is 2.85. The first-order chi connectivity index (χ1) is 11.6. The van der Waals surface area contributed by atoms with Gasteiger partial charge < -0.3 is 10.2 Å². The average molecular weight is 357 g/mol. The predicted molar refractivity (Wildman–Crippen MR) is 78.8 cm³/mol. The number of piperidine rings is 1. The molecule has 0 unspecified atom stereocenters. The first kappa shape index (κ1) is 18.7. The van der Waals surface area contributed by atoms with Crippen LogP contribution < -0.4 is 5.32 Å². The zero-order chi connectivity index (χ0) is 18.8. The van der Waals surface area contributed by atoms with Crippen LogP contribution in [0.15, 0.2) is 18.2 Å². The summed E-state index contributed by atoms with van der Waals surface area (Å²) < 4.78 is 53.2. The van der Waals surface area contributed by atoms with E-state index in [9.17, 15) is 27.2 Å². The largest absolute Gasteiger partial charge is 0.408 e. The Bertz CT molecular complexity index is 727. The van der Waals surface area contributed by atoms with Gasteiger partial charge in [-0.15, -0.1) is 0 Å². The van der Waals surface area contributed by atoms with Gasteiger partial charge in [-0.2, -0.15) is 18.4 Å². The monoisotopic (exact) mass is 357 g/mol. The SMILES string of the molecule is CC(=O)N[C@@H]1CC[C@@H](C(F)(F)F)N(C(=O)c2ccc(F)c(C#N)c2)C1. The van der Waals surface area contributed by atoms with E-state index in [4.69, 9.17) is 5.26 Å². The second kappa shape index (κ2) is 7.09. The van der Waals surface area contributed by atoms with Crippen molar-refractivity contribution in [1.29, 1.82) is 5.26 Å². The Hall–Kier alpha value is -2.63. The molecule has 1 heterocycles. The third-order valence-electron chi connectivity index (χ3n) is 3.96. The molecule has 0 radical (unpaired) electrons. The van der Waals surface area contributed by atoms with Crippen molar-refractivity contribution in [2.24, 2.45) is 0 Å². The van der Waals surface area contributed by atoms with Gasteiger partial charge in [-0.05, 0) is 31.0 Å². The molecule has 1 aromatic carbocycles. The molecular formula is C16H15F4N3O2. The lowest BCUT2D eigenvalue weighted by Gasteiger charge is -2.40. The minimum atomic E-state index is -4.63. The summed E-state index contributed by atoms with van der Waals surface area (Å²) in [6.45, 7) is 0.920. The van der Waals surface area contributed by atoms with Gasteiger partial charge in [0.1, 0.15) is 17.9 Å². The first-order valence-electron chi connectivity index (χ1n) is 7.48. The molecular weight excluding hydrogens is 342 g/mol. The van der Waals surface area contributed by atoms with Crippen LogP contribution in [0.2, 0.25) is 0 Å². The number of hydrogen-bond acceptors (Lipinski definition) is 3. The molecule has 0 aromatic heterocycles. The van der Waals surface area contributed by atoms with Crippen LogP contribution in [0.4, 0.5) is 17.6 Å². The number of amides is 2. The number of rotatable bonds is 2. The number of hydrogen-bond donors (Lipinski definition) is 1. The molecule has 134 valence electrons. The summed E-state index contributed by atoms with van der Waals surface area (Å²) in [4.78, 5) is 24.3. The topological polar surface area (TPSA) is 73.2 Å². The van der Waals surface area contributed by atoms with E-state index in [1.807, 2.05) is 0 Å². The molecule has 2 atom stereocenters. The average Bonchev–Trinajstić information content (AvgIpc) is 2.53. The highest BCUT2D eigenvalue weighted by Crippen LogP contribution is 2.33. The normalized spacial score (nSPS) is 20.7. The lowest BCUT2D eigenvalue weighted by atomic mass is 9.96. The number of carbonyl (C=O) groups is 2. The molecule has 1 saturated heterocycles. The van der Waals surface area contributed by atoms with Crippen molar-refractivity contribution in [2.75, 3.05) is 6.54 Å². The van der Waals surface area contributed by atoms with Crippen molar-refractivity contribution in [1.82, 2.24) is 10.2 Å². The number of halogens is 4. The summed E-state index contributed by atoms with van der Waals surface area (Å²) >= 11 is 0. The molecule has 1 aliphatic rings. The molecule has 0 bridgehead atoms. The molecule has 1 aromatic rings. The van der Waals surface area contributed by atoms with Crippen LogP contribution in [0, 0.1) is 17.1 Å². The second-order valence-electron chi connectivity index (χ2n) is 5.80. The minimum absolute atomic E-state index is 0.0837. The third-order valence-corrected chi connectivity index (χ3v) is 3.96. The Morgan fingerprint density at radius 1 is 1.32 bits per heavy atom. The van der Waals surface area contributed by atoms with Crippen LogP contribution in [0.1, 0.15) is 35.7 Å². The van der Waals surface area contributed by atoms with Crippen LogP contribution in [-0.4, -0.2) is 41.5 Å². The number of nitrogens with one attached hydrogen (secondary N) is 1. The molecule has 25 heavy (non-hydrogen) atoms. The van der Waals surface area contributed by atoms with E-state index in [2.05, 4.69) is 5.32 Å². The van der Waals surface area contributed by atoms with Gasteiger partial charge in [-0.25, -0.2) is 4.39 Å². The van der Waals surface area contributed by atoms with Crippen LogP contribution in [-0.2, 0) is 4.79 Å². The van der Waals surface area contributed by atoms with E-state index in [-0.39, 0.29) is 24.9 Å². The Kier molecular flexibility index (Phi) is 5.30. The highest BCUT2D eigenvalue weighted by Gasteiger charge is 2.48. The van der Waals surface area contributed by atoms with E-state index >= 15 is 0 Å². The summed E-state index contributed by atoms with van der Waals surface area (Å²) in [6, 6.07) is 1.77. The maximum atomic E-state index is 13.4. The summed E-state index contributed by atoms with van der Waals surface area (Å²) in [5.41, 5.74) is -0.638. The second-order valence-corrected chi connectivity index (χ2v) is 5.80. The first-order valence-corrected chi connectivity index (χ1v) is 7.48. The Labute approximate surface area is 141 Å². The molecule has 2 amide bonds. The lowest BCUT2D eigenvalue weighted by Crippen LogP contribution is -2.58. The zero-order valence-electron chi connectivity index (χ0n) is 13.2. The third kappa shape index (κ3) is 4.26. The fraction of sp³-hybridized carbons (Fsp3) is 0.438. The number of nitriles is 1. The molecule has 0 spiro atoms. The molecule has 1 N–H and O–H groups in total. The van der Waals surface area contributed by atoms with Crippen molar-refractivity contribution < 1.29 is 27.2 Å². The Morgan fingerprint density at radius 2 is 2.00 bits per heavy atom. The number of benzene rings is 1. The van der Waals surface area contributed by atoms with Crippen molar-refractivity contribution >= 4 is 11.8 Å². The van der Waals surface area contributed by atoms with E-state index in [1.165, 1.54) is 6.92 Å². The van der Waals surface area contributed by atoms with Crippen molar-refractivity contribution in [3.8, 4) is 6.07 Å². The number of likely N-dealkylation sites (tertiary alicyclic amines) is 1. The van der Waals surface area contributed by atoms with Gasteiger partial charge in [0.15, 0.2) is 0 Å². The number of nitrogens with zero attached hydrogens (tertiary/aromatic N) is 2.